The number of benzene rings is 1. The lowest BCUT2D eigenvalue weighted by Gasteiger charge is -2.14. The average Bonchev–Trinajstić information content (AvgIpc) is 2.56. The Morgan fingerprint density at radius 3 is 2.69 bits per heavy atom. The molecule has 1 amide bonds. The van der Waals surface area contributed by atoms with Gasteiger partial charge in [0.15, 0.2) is 0 Å². The molecule has 0 radical (unpaired) electrons. The molecular formula is C12H13NO3. The van der Waals surface area contributed by atoms with E-state index in [0.717, 1.165) is 11.3 Å². The first-order valence-corrected chi connectivity index (χ1v) is 5.16. The summed E-state index contributed by atoms with van der Waals surface area (Å²) in [6.45, 7) is 4.15. The Morgan fingerprint density at radius 2 is 2.12 bits per heavy atom. The monoisotopic (exact) mass is 219 g/mol. The maximum atomic E-state index is 11.4. The van der Waals surface area contributed by atoms with Gasteiger partial charge in [0.2, 0.25) is 5.91 Å². The molecule has 1 aliphatic rings. The van der Waals surface area contributed by atoms with E-state index >= 15 is 0 Å². The number of amides is 1. The lowest BCUT2D eigenvalue weighted by molar-refractivity contribution is -0.116. The highest BCUT2D eigenvalue weighted by atomic mass is 16.4. The summed E-state index contributed by atoms with van der Waals surface area (Å²) >= 11 is 0. The van der Waals surface area contributed by atoms with Crippen LogP contribution >= 0.6 is 0 Å². The summed E-state index contributed by atoms with van der Waals surface area (Å²) in [5.74, 6) is -0.747. The van der Waals surface area contributed by atoms with Crippen LogP contribution < -0.4 is 4.90 Å². The van der Waals surface area contributed by atoms with Gasteiger partial charge in [-0.3, -0.25) is 4.79 Å². The third-order valence-electron chi connectivity index (χ3n) is 2.93. The van der Waals surface area contributed by atoms with Crippen LogP contribution in [-0.4, -0.2) is 23.5 Å². The van der Waals surface area contributed by atoms with E-state index in [1.54, 1.807) is 17.0 Å². The van der Waals surface area contributed by atoms with Crippen molar-refractivity contribution in [2.75, 3.05) is 11.4 Å². The van der Waals surface area contributed by atoms with Crippen molar-refractivity contribution in [3.8, 4) is 0 Å². The van der Waals surface area contributed by atoms with Crippen LogP contribution in [0.3, 0.4) is 0 Å². The molecule has 1 unspecified atom stereocenters. The second-order valence-electron chi connectivity index (χ2n) is 4.11. The average molecular weight is 219 g/mol. The molecule has 2 rings (SSSR count). The molecule has 1 heterocycles. The molecule has 1 aliphatic heterocycles. The number of nitrogens with zero attached hydrogens (tertiary/aromatic N) is 1. The first kappa shape index (κ1) is 10.7. The van der Waals surface area contributed by atoms with E-state index in [-0.39, 0.29) is 17.4 Å². The lowest BCUT2D eigenvalue weighted by atomic mass is 10.0. The van der Waals surface area contributed by atoms with Crippen molar-refractivity contribution >= 4 is 17.6 Å². The molecular weight excluding hydrogens is 206 g/mol. The molecule has 1 aromatic carbocycles. The smallest absolute Gasteiger partial charge is 0.335 e. The molecule has 0 aliphatic carbocycles. The number of anilines is 1. The molecule has 1 N–H and O–H groups in total. The molecule has 84 valence electrons. The highest BCUT2D eigenvalue weighted by Crippen LogP contribution is 2.36. The Hall–Kier alpha value is -1.84. The van der Waals surface area contributed by atoms with Crippen LogP contribution in [0.15, 0.2) is 18.2 Å². The summed E-state index contributed by atoms with van der Waals surface area (Å²) in [6.07, 6.45) is 0. The Labute approximate surface area is 93.5 Å². The van der Waals surface area contributed by atoms with Crippen molar-refractivity contribution in [1.29, 1.82) is 0 Å². The quantitative estimate of drug-likeness (QED) is 0.784. The van der Waals surface area contributed by atoms with E-state index in [0.29, 0.717) is 6.54 Å². The summed E-state index contributed by atoms with van der Waals surface area (Å²) in [5, 5.41) is 8.90. The van der Waals surface area contributed by atoms with Crippen molar-refractivity contribution in [3.05, 3.63) is 29.3 Å². The fraction of sp³-hybridized carbons (Fsp3) is 0.333. The molecule has 0 saturated carbocycles. The molecule has 1 aromatic rings. The summed E-state index contributed by atoms with van der Waals surface area (Å²) < 4.78 is 0. The minimum absolute atomic E-state index is 0.00586. The van der Waals surface area contributed by atoms with Crippen LogP contribution in [0.25, 0.3) is 0 Å². The molecule has 0 bridgehead atoms. The number of hydrogen-bond acceptors (Lipinski definition) is 2. The molecule has 0 fully saturated rings. The van der Waals surface area contributed by atoms with Crippen molar-refractivity contribution in [3.63, 3.8) is 0 Å². The number of rotatable bonds is 1. The van der Waals surface area contributed by atoms with Crippen LogP contribution in [0.2, 0.25) is 0 Å². The summed E-state index contributed by atoms with van der Waals surface area (Å²) in [6, 6.07) is 4.91. The van der Waals surface area contributed by atoms with Gasteiger partial charge in [-0.1, -0.05) is 6.92 Å². The van der Waals surface area contributed by atoms with Gasteiger partial charge in [-0.25, -0.2) is 4.79 Å². The molecule has 0 saturated heterocycles. The fourth-order valence-electron chi connectivity index (χ4n) is 2.10. The van der Waals surface area contributed by atoms with Crippen molar-refractivity contribution < 1.29 is 14.7 Å². The maximum absolute atomic E-state index is 11.4. The van der Waals surface area contributed by atoms with E-state index in [1.165, 1.54) is 13.0 Å². The van der Waals surface area contributed by atoms with Crippen LogP contribution in [0.5, 0.6) is 0 Å². The van der Waals surface area contributed by atoms with E-state index in [1.807, 2.05) is 6.92 Å². The molecule has 0 spiro atoms. The lowest BCUT2D eigenvalue weighted by Crippen LogP contribution is -2.26. The first-order valence-electron chi connectivity index (χ1n) is 5.16. The van der Waals surface area contributed by atoms with Crippen LogP contribution in [0.4, 0.5) is 5.69 Å². The third kappa shape index (κ3) is 1.56. The fourth-order valence-corrected chi connectivity index (χ4v) is 2.10. The number of carboxylic acid groups (broad SMARTS) is 1. The molecule has 0 aromatic heterocycles. The number of carbonyl (C=O) groups is 2. The van der Waals surface area contributed by atoms with Crippen molar-refractivity contribution in [2.45, 2.75) is 19.8 Å². The standard InChI is InChI=1S/C12H13NO3/c1-7-6-13(8(2)14)11-4-3-9(12(15)16)5-10(7)11/h3-5,7H,6H2,1-2H3,(H,15,16). The van der Waals surface area contributed by atoms with Gasteiger partial charge in [-0.2, -0.15) is 0 Å². The van der Waals surface area contributed by atoms with Gasteiger partial charge >= 0.3 is 5.97 Å². The van der Waals surface area contributed by atoms with Gasteiger partial charge in [0.1, 0.15) is 0 Å². The summed E-state index contributed by atoms with van der Waals surface area (Å²) in [4.78, 5) is 23.9. The Morgan fingerprint density at radius 1 is 1.44 bits per heavy atom. The van der Waals surface area contributed by atoms with E-state index in [9.17, 15) is 9.59 Å². The topological polar surface area (TPSA) is 57.6 Å². The van der Waals surface area contributed by atoms with Gasteiger partial charge in [0.05, 0.1) is 5.56 Å². The Kier molecular flexibility index (Phi) is 2.42. The second kappa shape index (κ2) is 3.63. The van der Waals surface area contributed by atoms with E-state index in [2.05, 4.69) is 0 Å². The molecule has 4 heteroatoms. The third-order valence-corrected chi connectivity index (χ3v) is 2.93. The number of hydrogen-bond donors (Lipinski definition) is 1. The predicted molar refractivity (Wildman–Crippen MR) is 59.8 cm³/mol. The minimum Gasteiger partial charge on any atom is -0.478 e. The zero-order valence-corrected chi connectivity index (χ0v) is 9.23. The van der Waals surface area contributed by atoms with Gasteiger partial charge in [0, 0.05) is 25.1 Å². The maximum Gasteiger partial charge on any atom is 0.335 e. The predicted octanol–water partition coefficient (Wildman–Crippen LogP) is 1.85. The van der Waals surface area contributed by atoms with Gasteiger partial charge in [-0.05, 0) is 23.8 Å². The van der Waals surface area contributed by atoms with Crippen LogP contribution in [-0.2, 0) is 4.79 Å². The number of aromatic carboxylic acids is 1. The Bertz CT molecular complexity index is 467. The zero-order valence-electron chi connectivity index (χ0n) is 9.23. The van der Waals surface area contributed by atoms with Crippen molar-refractivity contribution in [1.82, 2.24) is 0 Å². The summed E-state index contributed by atoms with van der Waals surface area (Å²) in [5.41, 5.74) is 2.05. The largest absolute Gasteiger partial charge is 0.478 e. The zero-order chi connectivity index (χ0) is 11.9. The van der Waals surface area contributed by atoms with Gasteiger partial charge in [-0.15, -0.1) is 0 Å². The highest BCUT2D eigenvalue weighted by molar-refractivity contribution is 5.96. The van der Waals surface area contributed by atoms with Crippen LogP contribution in [0, 0.1) is 0 Å². The van der Waals surface area contributed by atoms with Gasteiger partial charge < -0.3 is 10.0 Å². The molecule has 4 nitrogen and oxygen atoms in total. The van der Waals surface area contributed by atoms with E-state index in [4.69, 9.17) is 5.11 Å². The Balaban J connectivity index is 2.49. The first-order chi connectivity index (χ1) is 7.50. The van der Waals surface area contributed by atoms with Gasteiger partial charge in [0.25, 0.3) is 0 Å². The highest BCUT2D eigenvalue weighted by Gasteiger charge is 2.28. The molecule has 16 heavy (non-hydrogen) atoms. The second-order valence-corrected chi connectivity index (χ2v) is 4.11. The molecule has 1 atom stereocenters. The van der Waals surface area contributed by atoms with Crippen LogP contribution in [0.1, 0.15) is 35.7 Å². The van der Waals surface area contributed by atoms with E-state index < -0.39 is 5.97 Å². The minimum atomic E-state index is -0.934. The summed E-state index contributed by atoms with van der Waals surface area (Å²) in [7, 11) is 0. The number of fused-ring (bicyclic) bond motifs is 1. The van der Waals surface area contributed by atoms with Crippen molar-refractivity contribution in [2.24, 2.45) is 0 Å². The number of carboxylic acids is 1. The SMILES string of the molecule is CC(=O)N1CC(C)c2cc(C(=O)O)ccc21. The normalized spacial score (nSPS) is 18.4. The number of carbonyl (C=O) groups excluding carboxylic acids is 1.